The van der Waals surface area contributed by atoms with Gasteiger partial charge in [-0.25, -0.2) is 0 Å². The topological polar surface area (TPSA) is 48.2 Å². The first-order chi connectivity index (χ1) is 12.3. The van der Waals surface area contributed by atoms with Crippen LogP contribution in [0.4, 0.5) is 0 Å². The Labute approximate surface area is 157 Å². The third-order valence-electron chi connectivity index (χ3n) is 3.59. The summed E-state index contributed by atoms with van der Waals surface area (Å²) in [6.07, 6.45) is 0. The summed E-state index contributed by atoms with van der Waals surface area (Å²) in [6, 6.07) is 19.7. The largest absolute Gasteiger partial charge is 0.488 e. The minimum atomic E-state index is 0.493. The number of hydrogen-bond donors (Lipinski definition) is 0. The van der Waals surface area contributed by atoms with Crippen molar-refractivity contribution in [3.63, 3.8) is 0 Å². The van der Waals surface area contributed by atoms with Crippen molar-refractivity contribution >= 4 is 27.3 Å². The molecule has 0 N–H and O–H groups in total. The lowest BCUT2D eigenvalue weighted by Crippen LogP contribution is -1.95. The van der Waals surface area contributed by atoms with Crippen molar-refractivity contribution in [2.24, 2.45) is 0 Å². The summed E-state index contributed by atoms with van der Waals surface area (Å²) in [5.74, 6) is 1.89. The number of halogens is 1. The molecule has 25 heavy (non-hydrogen) atoms. The zero-order chi connectivity index (χ0) is 17.1. The third kappa shape index (κ3) is 3.65. The lowest BCUT2D eigenvalue weighted by molar-refractivity contribution is 0.304. The van der Waals surface area contributed by atoms with Crippen molar-refractivity contribution in [1.82, 2.24) is 10.2 Å². The number of hydrogen-bond acceptors (Lipinski definition) is 5. The summed E-state index contributed by atoms with van der Waals surface area (Å²) in [5, 5.41) is 10.2. The predicted molar refractivity (Wildman–Crippen MR) is 102 cm³/mol. The fraction of sp³-hybridized carbons (Fsp3) is 0.0526. The van der Waals surface area contributed by atoms with Gasteiger partial charge in [0.2, 0.25) is 5.89 Å². The Morgan fingerprint density at radius 1 is 0.920 bits per heavy atom. The molecule has 0 amide bonds. The smallest absolute Gasteiger partial charge is 0.258 e. The van der Waals surface area contributed by atoms with Gasteiger partial charge in [-0.1, -0.05) is 30.3 Å². The molecule has 0 radical (unpaired) electrons. The Morgan fingerprint density at radius 2 is 1.72 bits per heavy atom. The van der Waals surface area contributed by atoms with E-state index in [2.05, 4.69) is 26.1 Å². The Bertz CT molecular complexity index is 965. The summed E-state index contributed by atoms with van der Waals surface area (Å²) in [6.45, 7) is 0.493. The Kier molecular flexibility index (Phi) is 4.63. The third-order valence-corrected chi connectivity index (χ3v) is 5.10. The van der Waals surface area contributed by atoms with Gasteiger partial charge in [0.15, 0.2) is 0 Å². The number of para-hydroxylation sites is 1. The molecule has 0 bridgehead atoms. The van der Waals surface area contributed by atoms with Crippen molar-refractivity contribution in [3.05, 3.63) is 76.1 Å². The molecule has 0 saturated carbocycles. The maximum Gasteiger partial charge on any atom is 0.258 e. The first-order valence-electron chi connectivity index (χ1n) is 7.63. The highest BCUT2D eigenvalue weighted by molar-refractivity contribution is 9.10. The predicted octanol–water partition coefficient (Wildman–Crippen LogP) is 5.81. The van der Waals surface area contributed by atoms with E-state index in [0.29, 0.717) is 18.4 Å². The van der Waals surface area contributed by atoms with Crippen molar-refractivity contribution in [3.8, 4) is 28.0 Å². The molecule has 2 aromatic carbocycles. The van der Waals surface area contributed by atoms with Gasteiger partial charge in [0.05, 0.1) is 9.35 Å². The van der Waals surface area contributed by atoms with Crippen LogP contribution < -0.4 is 4.74 Å². The Morgan fingerprint density at radius 3 is 2.48 bits per heavy atom. The highest BCUT2D eigenvalue weighted by Crippen LogP contribution is 2.28. The van der Waals surface area contributed by atoms with Gasteiger partial charge in [-0.15, -0.1) is 21.5 Å². The van der Waals surface area contributed by atoms with Crippen LogP contribution in [0, 0.1) is 0 Å². The van der Waals surface area contributed by atoms with Crippen LogP contribution in [0.1, 0.15) is 5.56 Å². The number of rotatable bonds is 5. The van der Waals surface area contributed by atoms with Gasteiger partial charge < -0.3 is 9.15 Å². The van der Waals surface area contributed by atoms with E-state index in [-0.39, 0.29) is 0 Å². The summed E-state index contributed by atoms with van der Waals surface area (Å²) >= 11 is 5.05. The van der Waals surface area contributed by atoms with Gasteiger partial charge in [0.1, 0.15) is 12.4 Å². The first kappa shape index (κ1) is 16.1. The minimum absolute atomic E-state index is 0.493. The molecular formula is C19H13BrN2O2S. The molecule has 0 aliphatic rings. The van der Waals surface area contributed by atoms with E-state index >= 15 is 0 Å². The average molecular weight is 413 g/mol. The number of aromatic nitrogens is 2. The molecule has 0 aliphatic heterocycles. The van der Waals surface area contributed by atoms with E-state index in [1.54, 1.807) is 11.3 Å². The second kappa shape index (κ2) is 7.21. The first-order valence-corrected chi connectivity index (χ1v) is 9.31. The molecule has 0 saturated heterocycles. The summed E-state index contributed by atoms with van der Waals surface area (Å²) in [7, 11) is 0. The van der Waals surface area contributed by atoms with E-state index in [0.717, 1.165) is 26.2 Å². The molecule has 0 aliphatic carbocycles. The summed E-state index contributed by atoms with van der Waals surface area (Å²) in [5.41, 5.74) is 1.96. The number of benzene rings is 2. The molecule has 0 fully saturated rings. The summed E-state index contributed by atoms with van der Waals surface area (Å²) in [4.78, 5) is 0.970. The van der Waals surface area contributed by atoms with Gasteiger partial charge >= 0.3 is 0 Å². The summed E-state index contributed by atoms with van der Waals surface area (Å²) < 4.78 is 12.5. The lowest BCUT2D eigenvalue weighted by atomic mass is 10.1. The van der Waals surface area contributed by atoms with Crippen LogP contribution in [0.25, 0.3) is 22.2 Å². The van der Waals surface area contributed by atoms with Crippen LogP contribution >= 0.6 is 27.3 Å². The van der Waals surface area contributed by atoms with Gasteiger partial charge in [0, 0.05) is 5.56 Å². The highest BCUT2D eigenvalue weighted by Gasteiger charge is 2.11. The van der Waals surface area contributed by atoms with Crippen LogP contribution in [-0.4, -0.2) is 10.2 Å². The van der Waals surface area contributed by atoms with Crippen LogP contribution in [-0.2, 0) is 6.61 Å². The highest BCUT2D eigenvalue weighted by atomic mass is 79.9. The van der Waals surface area contributed by atoms with E-state index in [4.69, 9.17) is 9.15 Å². The van der Waals surface area contributed by atoms with Crippen LogP contribution in [0.3, 0.4) is 0 Å². The van der Waals surface area contributed by atoms with Crippen molar-refractivity contribution in [2.45, 2.75) is 6.61 Å². The second-order valence-electron chi connectivity index (χ2n) is 5.31. The van der Waals surface area contributed by atoms with Crippen LogP contribution in [0.15, 0.2) is 74.9 Å². The van der Waals surface area contributed by atoms with Gasteiger partial charge in [0.25, 0.3) is 5.89 Å². The Balaban J connectivity index is 1.46. The van der Waals surface area contributed by atoms with Gasteiger partial charge in [-0.2, -0.15) is 0 Å². The number of ether oxygens (including phenoxy) is 1. The molecular weight excluding hydrogens is 400 g/mol. The quantitative estimate of drug-likeness (QED) is 0.415. The number of nitrogens with zero attached hydrogens (tertiary/aromatic N) is 2. The molecule has 0 atom stereocenters. The molecule has 0 unspecified atom stereocenters. The van der Waals surface area contributed by atoms with Crippen molar-refractivity contribution in [1.29, 1.82) is 0 Å². The zero-order valence-corrected chi connectivity index (χ0v) is 15.5. The SMILES string of the molecule is Brc1ccccc1OCc1ccc(-c2nnc(-c3cccs3)o2)cc1. The lowest BCUT2D eigenvalue weighted by Gasteiger charge is -2.08. The zero-order valence-electron chi connectivity index (χ0n) is 13.1. The standard InChI is InChI=1S/C19H13BrN2O2S/c20-15-4-1-2-5-16(15)23-12-13-7-9-14(10-8-13)18-21-22-19(24-18)17-6-3-11-25-17/h1-11H,12H2. The maximum atomic E-state index is 5.82. The molecule has 4 nitrogen and oxygen atoms in total. The molecule has 4 aromatic rings. The van der Waals surface area contributed by atoms with Crippen LogP contribution in [0.2, 0.25) is 0 Å². The fourth-order valence-electron chi connectivity index (χ4n) is 2.31. The van der Waals surface area contributed by atoms with E-state index in [1.165, 1.54) is 0 Å². The van der Waals surface area contributed by atoms with Gasteiger partial charge in [-0.3, -0.25) is 0 Å². The van der Waals surface area contributed by atoms with Crippen molar-refractivity contribution in [2.75, 3.05) is 0 Å². The normalized spacial score (nSPS) is 10.8. The van der Waals surface area contributed by atoms with Crippen molar-refractivity contribution < 1.29 is 9.15 Å². The second-order valence-corrected chi connectivity index (χ2v) is 7.11. The minimum Gasteiger partial charge on any atom is -0.488 e. The van der Waals surface area contributed by atoms with E-state index in [9.17, 15) is 0 Å². The average Bonchev–Trinajstić information content (AvgIpc) is 3.33. The van der Waals surface area contributed by atoms with Gasteiger partial charge in [-0.05, 0) is 57.2 Å². The molecule has 4 rings (SSSR count). The monoisotopic (exact) mass is 412 g/mol. The maximum absolute atomic E-state index is 5.82. The molecule has 2 aromatic heterocycles. The van der Waals surface area contributed by atoms with Crippen LogP contribution in [0.5, 0.6) is 5.75 Å². The molecule has 6 heteroatoms. The van der Waals surface area contributed by atoms with E-state index < -0.39 is 0 Å². The molecule has 2 heterocycles. The molecule has 124 valence electrons. The van der Waals surface area contributed by atoms with E-state index in [1.807, 2.05) is 66.0 Å². The fourth-order valence-corrected chi connectivity index (χ4v) is 3.35. The number of thiophene rings is 1. The molecule has 0 spiro atoms. The Hall–Kier alpha value is -2.44.